The lowest BCUT2D eigenvalue weighted by molar-refractivity contribution is 0.1000. The molecule has 1 saturated heterocycles. The minimum absolute atomic E-state index is 0.428. The Labute approximate surface area is 120 Å². The number of nitrogens with zero attached hydrogens (tertiary/aromatic N) is 2. The van der Waals surface area contributed by atoms with Crippen molar-refractivity contribution < 1.29 is 4.79 Å². The van der Waals surface area contributed by atoms with E-state index in [9.17, 15) is 4.79 Å². The molecule has 3 N–H and O–H groups in total. The fraction of sp³-hybridized carbons (Fsp3) is 0.600. The Bertz CT molecular complexity index is 426. The van der Waals surface area contributed by atoms with Crippen LogP contribution < -0.4 is 16.0 Å². The SMILES string of the molecule is CCCN(CC1CCCNC1)c1ccc(C(N)=O)cn1. The molecule has 2 heterocycles. The third kappa shape index (κ3) is 3.93. The van der Waals surface area contributed by atoms with Crippen LogP contribution in [0.3, 0.4) is 0 Å². The average molecular weight is 276 g/mol. The van der Waals surface area contributed by atoms with Crippen LogP contribution in [0.4, 0.5) is 5.82 Å². The highest BCUT2D eigenvalue weighted by Gasteiger charge is 2.17. The van der Waals surface area contributed by atoms with Crippen LogP contribution in [0.1, 0.15) is 36.5 Å². The molecule has 1 atom stereocenters. The first kappa shape index (κ1) is 14.8. The van der Waals surface area contributed by atoms with Gasteiger partial charge in [0.05, 0.1) is 5.56 Å². The van der Waals surface area contributed by atoms with E-state index in [4.69, 9.17) is 5.73 Å². The largest absolute Gasteiger partial charge is 0.366 e. The topological polar surface area (TPSA) is 71.2 Å². The average Bonchev–Trinajstić information content (AvgIpc) is 2.48. The molecule has 110 valence electrons. The van der Waals surface area contributed by atoms with Gasteiger partial charge in [-0.25, -0.2) is 4.98 Å². The van der Waals surface area contributed by atoms with Crippen LogP contribution in [0.2, 0.25) is 0 Å². The molecule has 0 radical (unpaired) electrons. The summed E-state index contributed by atoms with van der Waals surface area (Å²) >= 11 is 0. The highest BCUT2D eigenvalue weighted by atomic mass is 16.1. The second kappa shape index (κ2) is 7.24. The van der Waals surface area contributed by atoms with Crippen molar-refractivity contribution in [1.82, 2.24) is 10.3 Å². The number of anilines is 1. The second-order valence-electron chi connectivity index (χ2n) is 5.43. The Kier molecular flexibility index (Phi) is 5.35. The minimum atomic E-state index is -0.428. The molecule has 1 aliphatic heterocycles. The molecule has 5 heteroatoms. The number of hydrogen-bond donors (Lipinski definition) is 2. The lowest BCUT2D eigenvalue weighted by atomic mass is 9.99. The van der Waals surface area contributed by atoms with E-state index in [1.807, 2.05) is 6.07 Å². The van der Waals surface area contributed by atoms with E-state index in [1.165, 1.54) is 12.8 Å². The lowest BCUT2D eigenvalue weighted by Crippen LogP contribution is -2.39. The van der Waals surface area contributed by atoms with Crippen LogP contribution in [-0.2, 0) is 0 Å². The maximum absolute atomic E-state index is 11.1. The molecule has 1 aromatic heterocycles. The summed E-state index contributed by atoms with van der Waals surface area (Å²) in [6.07, 6.45) is 5.17. The van der Waals surface area contributed by atoms with Gasteiger partial charge in [0, 0.05) is 19.3 Å². The number of aromatic nitrogens is 1. The fourth-order valence-corrected chi connectivity index (χ4v) is 2.68. The van der Waals surface area contributed by atoms with Gasteiger partial charge in [0.2, 0.25) is 5.91 Å². The summed E-state index contributed by atoms with van der Waals surface area (Å²) in [4.78, 5) is 17.8. The highest BCUT2D eigenvalue weighted by molar-refractivity contribution is 5.92. The summed E-state index contributed by atoms with van der Waals surface area (Å²) in [6.45, 7) is 6.39. The van der Waals surface area contributed by atoms with Gasteiger partial charge in [0.25, 0.3) is 0 Å². The first-order valence-electron chi connectivity index (χ1n) is 7.42. The molecule has 1 fully saturated rings. The third-order valence-corrected chi connectivity index (χ3v) is 3.73. The molecule has 1 aliphatic rings. The minimum Gasteiger partial charge on any atom is -0.366 e. The predicted octanol–water partition coefficient (Wildman–Crippen LogP) is 1.40. The van der Waals surface area contributed by atoms with Gasteiger partial charge in [0.1, 0.15) is 5.82 Å². The molecule has 1 aromatic rings. The van der Waals surface area contributed by atoms with Crippen molar-refractivity contribution in [1.29, 1.82) is 0 Å². The fourth-order valence-electron chi connectivity index (χ4n) is 2.68. The third-order valence-electron chi connectivity index (χ3n) is 3.73. The number of pyridine rings is 1. The predicted molar refractivity (Wildman–Crippen MR) is 80.9 cm³/mol. The zero-order valence-electron chi connectivity index (χ0n) is 12.1. The highest BCUT2D eigenvalue weighted by Crippen LogP contribution is 2.17. The summed E-state index contributed by atoms with van der Waals surface area (Å²) < 4.78 is 0. The summed E-state index contributed by atoms with van der Waals surface area (Å²) in [6, 6.07) is 3.65. The van der Waals surface area contributed by atoms with Gasteiger partial charge in [-0.05, 0) is 50.4 Å². The van der Waals surface area contributed by atoms with Crippen molar-refractivity contribution in [2.24, 2.45) is 11.7 Å². The number of hydrogen-bond acceptors (Lipinski definition) is 4. The van der Waals surface area contributed by atoms with Gasteiger partial charge in [-0.3, -0.25) is 4.79 Å². The van der Waals surface area contributed by atoms with Crippen LogP contribution >= 0.6 is 0 Å². The van der Waals surface area contributed by atoms with Gasteiger partial charge in [0.15, 0.2) is 0 Å². The normalized spacial score (nSPS) is 18.8. The molecular weight excluding hydrogens is 252 g/mol. The van der Waals surface area contributed by atoms with Gasteiger partial charge in [-0.15, -0.1) is 0 Å². The number of rotatable bonds is 6. The maximum Gasteiger partial charge on any atom is 0.250 e. The van der Waals surface area contributed by atoms with Crippen molar-refractivity contribution in [2.75, 3.05) is 31.1 Å². The Balaban J connectivity index is 2.04. The van der Waals surface area contributed by atoms with Gasteiger partial charge >= 0.3 is 0 Å². The molecule has 0 aliphatic carbocycles. The standard InChI is InChI=1S/C15H24N4O/c1-2-8-19(11-12-4-3-7-17-9-12)14-6-5-13(10-18-14)15(16)20/h5-6,10,12,17H,2-4,7-9,11H2,1H3,(H2,16,20). The molecule has 1 unspecified atom stereocenters. The molecule has 20 heavy (non-hydrogen) atoms. The first-order valence-corrected chi connectivity index (χ1v) is 7.42. The van der Waals surface area contributed by atoms with Crippen LogP contribution in [0.25, 0.3) is 0 Å². The van der Waals surface area contributed by atoms with Gasteiger partial charge in [-0.1, -0.05) is 6.92 Å². The summed E-state index contributed by atoms with van der Waals surface area (Å²) in [7, 11) is 0. The van der Waals surface area contributed by atoms with E-state index in [1.54, 1.807) is 12.3 Å². The number of carbonyl (C=O) groups is 1. The monoisotopic (exact) mass is 276 g/mol. The summed E-state index contributed by atoms with van der Waals surface area (Å²) in [5, 5.41) is 3.45. The van der Waals surface area contributed by atoms with E-state index in [0.29, 0.717) is 11.5 Å². The van der Waals surface area contributed by atoms with E-state index in [2.05, 4.69) is 22.1 Å². The Morgan fingerprint density at radius 3 is 2.95 bits per heavy atom. The number of piperidine rings is 1. The van der Waals surface area contributed by atoms with E-state index in [0.717, 1.165) is 38.4 Å². The molecular formula is C15H24N4O. The number of primary amides is 1. The van der Waals surface area contributed by atoms with Crippen LogP contribution in [-0.4, -0.2) is 37.1 Å². The molecule has 5 nitrogen and oxygen atoms in total. The Hall–Kier alpha value is -1.62. The van der Waals surface area contributed by atoms with Crippen LogP contribution in [0.5, 0.6) is 0 Å². The molecule has 0 bridgehead atoms. The quantitative estimate of drug-likeness (QED) is 0.824. The van der Waals surface area contributed by atoms with Crippen molar-refractivity contribution in [3.05, 3.63) is 23.9 Å². The smallest absolute Gasteiger partial charge is 0.250 e. The van der Waals surface area contributed by atoms with Crippen molar-refractivity contribution in [3.8, 4) is 0 Å². The van der Waals surface area contributed by atoms with Crippen LogP contribution in [0.15, 0.2) is 18.3 Å². The number of amides is 1. The van der Waals surface area contributed by atoms with E-state index >= 15 is 0 Å². The molecule has 2 rings (SSSR count). The Morgan fingerprint density at radius 1 is 1.55 bits per heavy atom. The van der Waals surface area contributed by atoms with E-state index in [-0.39, 0.29) is 0 Å². The zero-order chi connectivity index (χ0) is 14.4. The van der Waals surface area contributed by atoms with Crippen LogP contribution in [0, 0.1) is 5.92 Å². The number of nitrogens with two attached hydrogens (primary N) is 1. The second-order valence-corrected chi connectivity index (χ2v) is 5.43. The summed E-state index contributed by atoms with van der Waals surface area (Å²) in [5.41, 5.74) is 5.71. The van der Waals surface area contributed by atoms with E-state index < -0.39 is 5.91 Å². The van der Waals surface area contributed by atoms with Crippen molar-refractivity contribution >= 4 is 11.7 Å². The molecule has 0 spiro atoms. The first-order chi connectivity index (χ1) is 9.70. The lowest BCUT2D eigenvalue weighted by Gasteiger charge is -2.30. The number of carbonyl (C=O) groups excluding carboxylic acids is 1. The zero-order valence-corrected chi connectivity index (χ0v) is 12.1. The van der Waals surface area contributed by atoms with Gasteiger partial charge in [-0.2, -0.15) is 0 Å². The maximum atomic E-state index is 11.1. The van der Waals surface area contributed by atoms with Crippen molar-refractivity contribution in [2.45, 2.75) is 26.2 Å². The molecule has 1 amide bonds. The summed E-state index contributed by atoms with van der Waals surface area (Å²) in [5.74, 6) is 1.18. The number of nitrogens with one attached hydrogen (secondary N) is 1. The van der Waals surface area contributed by atoms with Gasteiger partial charge < -0.3 is 16.0 Å². The molecule has 0 aromatic carbocycles. The Morgan fingerprint density at radius 2 is 2.40 bits per heavy atom. The molecule has 0 saturated carbocycles. The van der Waals surface area contributed by atoms with Crippen molar-refractivity contribution in [3.63, 3.8) is 0 Å².